The van der Waals surface area contributed by atoms with Crippen LogP contribution in [0, 0.1) is 0 Å². The van der Waals surface area contributed by atoms with Crippen LogP contribution in [0.4, 0.5) is 23.1 Å². The molecule has 0 atom stereocenters. The van der Waals surface area contributed by atoms with Gasteiger partial charge in [0.25, 0.3) is 0 Å². The molecule has 0 aliphatic carbocycles. The summed E-state index contributed by atoms with van der Waals surface area (Å²) in [5.41, 5.74) is 2.60. The third-order valence-electron chi connectivity index (χ3n) is 4.84. The highest BCUT2D eigenvalue weighted by Crippen LogP contribution is 2.41. The van der Waals surface area contributed by atoms with E-state index in [1.807, 2.05) is 18.2 Å². The number of nitrogens with one attached hydrogen (secondary N) is 3. The Morgan fingerprint density at radius 1 is 0.875 bits per heavy atom. The number of hydrogen-bond donors (Lipinski definition) is 3. The predicted octanol–water partition coefficient (Wildman–Crippen LogP) is 3.59. The lowest BCUT2D eigenvalue weighted by molar-refractivity contribution is 0.174. The van der Waals surface area contributed by atoms with E-state index in [2.05, 4.69) is 30.6 Å². The van der Waals surface area contributed by atoms with Crippen LogP contribution in [0.3, 0.4) is 0 Å². The van der Waals surface area contributed by atoms with E-state index in [4.69, 9.17) is 23.7 Å². The predicted molar refractivity (Wildman–Crippen MR) is 117 cm³/mol. The summed E-state index contributed by atoms with van der Waals surface area (Å²) in [4.78, 5) is 16.4. The second-order valence-corrected chi connectivity index (χ2v) is 6.73. The average Bonchev–Trinajstić information content (AvgIpc) is 3.47. The van der Waals surface area contributed by atoms with Crippen LogP contribution in [0.25, 0.3) is 11.2 Å². The third kappa shape index (κ3) is 3.49. The monoisotopic (exact) mass is 436 g/mol. The molecule has 0 spiro atoms. The van der Waals surface area contributed by atoms with Gasteiger partial charge in [0.1, 0.15) is 5.52 Å². The maximum Gasteiger partial charge on any atom is 0.231 e. The summed E-state index contributed by atoms with van der Waals surface area (Å²) in [6, 6.07) is 9.10. The number of imidazole rings is 1. The van der Waals surface area contributed by atoms with E-state index in [1.165, 1.54) is 0 Å². The van der Waals surface area contributed by atoms with Crippen LogP contribution in [0.15, 0.2) is 36.7 Å². The summed E-state index contributed by atoms with van der Waals surface area (Å²) >= 11 is 0. The molecule has 2 aromatic carbocycles. The minimum Gasteiger partial charge on any atom is -0.493 e. The Kier molecular flexibility index (Phi) is 4.90. The summed E-state index contributed by atoms with van der Waals surface area (Å²) in [6.45, 7) is 0.208. The molecule has 0 radical (unpaired) electrons. The zero-order valence-electron chi connectivity index (χ0n) is 17.6. The molecule has 5 rings (SSSR count). The van der Waals surface area contributed by atoms with E-state index in [0.29, 0.717) is 57.4 Å². The molecule has 32 heavy (non-hydrogen) atoms. The van der Waals surface area contributed by atoms with Crippen molar-refractivity contribution in [3.8, 4) is 28.7 Å². The zero-order chi connectivity index (χ0) is 22.1. The van der Waals surface area contributed by atoms with Crippen LogP contribution in [-0.2, 0) is 0 Å². The van der Waals surface area contributed by atoms with Gasteiger partial charge in [-0.25, -0.2) is 4.98 Å². The molecule has 0 bridgehead atoms. The van der Waals surface area contributed by atoms with Gasteiger partial charge in [-0.1, -0.05) is 0 Å². The smallest absolute Gasteiger partial charge is 0.231 e. The number of ether oxygens (including phenoxy) is 5. The fourth-order valence-electron chi connectivity index (χ4n) is 3.37. The molecule has 1 aliphatic rings. The Labute approximate surface area is 182 Å². The number of methoxy groups -OCH3 is 3. The van der Waals surface area contributed by atoms with E-state index < -0.39 is 0 Å². The van der Waals surface area contributed by atoms with Crippen molar-refractivity contribution in [2.45, 2.75) is 0 Å². The summed E-state index contributed by atoms with van der Waals surface area (Å²) < 4.78 is 27.0. The number of H-pyrrole nitrogens is 1. The summed E-state index contributed by atoms with van der Waals surface area (Å²) in [5, 5.41) is 6.46. The number of rotatable bonds is 7. The van der Waals surface area contributed by atoms with Crippen LogP contribution in [-0.4, -0.2) is 48.1 Å². The molecule has 3 heterocycles. The number of aromatic nitrogens is 4. The van der Waals surface area contributed by atoms with Crippen LogP contribution in [0.2, 0.25) is 0 Å². The van der Waals surface area contributed by atoms with Crippen LogP contribution < -0.4 is 34.3 Å². The summed E-state index contributed by atoms with van der Waals surface area (Å²) in [5.74, 6) is 3.76. The average molecular weight is 436 g/mol. The molecule has 1 aliphatic heterocycles. The van der Waals surface area contributed by atoms with Crippen LogP contribution in [0.1, 0.15) is 0 Å². The molecule has 164 valence electrons. The van der Waals surface area contributed by atoms with Gasteiger partial charge >= 0.3 is 0 Å². The first-order valence-corrected chi connectivity index (χ1v) is 9.63. The largest absolute Gasteiger partial charge is 0.493 e. The standard InChI is InChI=1S/C21H20N6O5/c1-28-15-7-12(8-16(29-2)18(15)30-3)25-21-26-19-17(22-9-23-19)20(27-21)24-11-4-5-13-14(6-11)32-10-31-13/h4-9H,10H2,1-3H3,(H3,22,23,24,25,26,27). The first-order chi connectivity index (χ1) is 15.7. The lowest BCUT2D eigenvalue weighted by Gasteiger charge is -2.15. The van der Waals surface area contributed by atoms with E-state index in [-0.39, 0.29) is 6.79 Å². The van der Waals surface area contributed by atoms with E-state index in [0.717, 1.165) is 5.69 Å². The van der Waals surface area contributed by atoms with Crippen LogP contribution >= 0.6 is 0 Å². The van der Waals surface area contributed by atoms with Crippen molar-refractivity contribution in [3.05, 3.63) is 36.7 Å². The topological polar surface area (TPSA) is 125 Å². The fraction of sp³-hybridized carbons (Fsp3) is 0.190. The zero-order valence-corrected chi connectivity index (χ0v) is 17.6. The molecule has 3 N–H and O–H groups in total. The van der Waals surface area contributed by atoms with E-state index >= 15 is 0 Å². The molecule has 0 saturated heterocycles. The minimum atomic E-state index is 0.208. The lowest BCUT2D eigenvalue weighted by atomic mass is 10.2. The molecule has 0 saturated carbocycles. The van der Waals surface area contributed by atoms with Gasteiger partial charge in [-0.15, -0.1) is 0 Å². The number of hydrogen-bond acceptors (Lipinski definition) is 10. The lowest BCUT2D eigenvalue weighted by Crippen LogP contribution is -2.03. The molecule has 2 aromatic heterocycles. The molecule has 0 fully saturated rings. The minimum absolute atomic E-state index is 0.208. The van der Waals surface area contributed by atoms with Crippen molar-refractivity contribution in [1.29, 1.82) is 0 Å². The molecule has 0 unspecified atom stereocenters. The van der Waals surface area contributed by atoms with E-state index in [1.54, 1.807) is 39.8 Å². The molecule has 0 amide bonds. The van der Waals surface area contributed by atoms with Gasteiger partial charge in [-0.05, 0) is 12.1 Å². The van der Waals surface area contributed by atoms with E-state index in [9.17, 15) is 0 Å². The molecule has 11 nitrogen and oxygen atoms in total. The van der Waals surface area contributed by atoms with Gasteiger partial charge in [0.2, 0.25) is 18.5 Å². The maximum absolute atomic E-state index is 5.45. The molecule has 4 aromatic rings. The second kappa shape index (κ2) is 8.02. The number of aromatic amines is 1. The Balaban J connectivity index is 1.49. The Bertz CT molecular complexity index is 1270. The third-order valence-corrected chi connectivity index (χ3v) is 4.84. The van der Waals surface area contributed by atoms with Gasteiger partial charge in [0.15, 0.2) is 34.5 Å². The highest BCUT2D eigenvalue weighted by atomic mass is 16.7. The summed E-state index contributed by atoms with van der Waals surface area (Å²) in [6.07, 6.45) is 1.56. The quantitative estimate of drug-likeness (QED) is 0.396. The fourth-order valence-corrected chi connectivity index (χ4v) is 3.37. The van der Waals surface area contributed by atoms with Gasteiger partial charge in [0, 0.05) is 29.6 Å². The van der Waals surface area contributed by atoms with Crippen molar-refractivity contribution in [1.82, 2.24) is 19.9 Å². The first-order valence-electron chi connectivity index (χ1n) is 9.63. The molecular formula is C21H20N6O5. The highest BCUT2D eigenvalue weighted by molar-refractivity contribution is 5.86. The summed E-state index contributed by atoms with van der Waals surface area (Å²) in [7, 11) is 4.66. The van der Waals surface area contributed by atoms with Gasteiger partial charge in [0.05, 0.1) is 27.7 Å². The van der Waals surface area contributed by atoms with Crippen molar-refractivity contribution >= 4 is 34.3 Å². The van der Waals surface area contributed by atoms with Crippen molar-refractivity contribution in [2.75, 3.05) is 38.8 Å². The maximum atomic E-state index is 5.45. The van der Waals surface area contributed by atoms with Crippen molar-refractivity contribution in [3.63, 3.8) is 0 Å². The second-order valence-electron chi connectivity index (χ2n) is 6.73. The normalized spacial score (nSPS) is 12.0. The number of benzene rings is 2. The molecule has 11 heteroatoms. The van der Waals surface area contributed by atoms with Crippen LogP contribution in [0.5, 0.6) is 28.7 Å². The highest BCUT2D eigenvalue weighted by Gasteiger charge is 2.17. The van der Waals surface area contributed by atoms with Gasteiger partial charge < -0.3 is 39.3 Å². The molecular weight excluding hydrogens is 416 g/mol. The number of fused-ring (bicyclic) bond motifs is 2. The van der Waals surface area contributed by atoms with Gasteiger partial charge in [-0.3, -0.25) is 0 Å². The number of nitrogens with zero attached hydrogens (tertiary/aromatic N) is 3. The Morgan fingerprint density at radius 3 is 2.41 bits per heavy atom. The Morgan fingerprint density at radius 2 is 1.66 bits per heavy atom. The SMILES string of the molecule is COc1cc(Nc2nc(Nc3ccc4c(c3)OCO4)c3[nH]cnc3n2)cc(OC)c1OC. The Hall–Kier alpha value is -4.41. The van der Waals surface area contributed by atoms with Crippen molar-refractivity contribution in [2.24, 2.45) is 0 Å². The number of anilines is 4. The van der Waals surface area contributed by atoms with Gasteiger partial charge in [-0.2, -0.15) is 9.97 Å². The van der Waals surface area contributed by atoms with Crippen molar-refractivity contribution < 1.29 is 23.7 Å². The first kappa shape index (κ1) is 19.5.